The first kappa shape index (κ1) is 18.2. The number of benzene rings is 1. The fraction of sp³-hybridized carbons (Fsp3) is 0.529. The van der Waals surface area contributed by atoms with E-state index < -0.39 is 0 Å². The third-order valence-corrected chi connectivity index (χ3v) is 3.23. The van der Waals surface area contributed by atoms with Crippen LogP contribution >= 0.6 is 0 Å². The summed E-state index contributed by atoms with van der Waals surface area (Å²) in [5.74, 6) is -0.166. The van der Waals surface area contributed by atoms with Crippen molar-refractivity contribution in [2.45, 2.75) is 46.0 Å². The van der Waals surface area contributed by atoms with Crippen LogP contribution in [-0.4, -0.2) is 24.9 Å². The molecule has 2 amide bonds. The highest BCUT2D eigenvalue weighted by Gasteiger charge is 2.02. The summed E-state index contributed by atoms with van der Waals surface area (Å²) in [7, 11) is 0. The molecule has 0 saturated carbocycles. The van der Waals surface area contributed by atoms with Gasteiger partial charge in [0.1, 0.15) is 0 Å². The van der Waals surface area contributed by atoms with Gasteiger partial charge in [-0.1, -0.05) is 32.6 Å². The summed E-state index contributed by atoms with van der Waals surface area (Å²) in [4.78, 5) is 22.7. The number of rotatable bonds is 10. The van der Waals surface area contributed by atoms with Crippen molar-refractivity contribution in [1.82, 2.24) is 5.32 Å². The lowest BCUT2D eigenvalue weighted by atomic mass is 10.1. The average Bonchev–Trinajstić information content (AvgIpc) is 2.48. The second-order valence-corrected chi connectivity index (χ2v) is 5.40. The minimum Gasteiger partial charge on any atom is -0.326 e. The van der Waals surface area contributed by atoms with Crippen molar-refractivity contribution in [2.24, 2.45) is 0 Å². The van der Waals surface area contributed by atoms with Crippen molar-refractivity contribution in [3.63, 3.8) is 0 Å². The molecule has 0 aliphatic carbocycles. The van der Waals surface area contributed by atoms with Gasteiger partial charge in [0.15, 0.2) is 0 Å². The Hall–Kier alpha value is -1.88. The van der Waals surface area contributed by atoms with Gasteiger partial charge in [-0.3, -0.25) is 9.59 Å². The zero-order valence-electron chi connectivity index (χ0n) is 13.6. The minimum atomic E-state index is -0.111. The zero-order chi connectivity index (χ0) is 16.2. The average molecular weight is 305 g/mol. The molecule has 1 rings (SSSR count). The van der Waals surface area contributed by atoms with Gasteiger partial charge in [0.25, 0.3) is 0 Å². The molecule has 0 saturated heterocycles. The molecule has 0 aliphatic rings. The van der Waals surface area contributed by atoms with Gasteiger partial charge in [-0.05, 0) is 37.2 Å². The minimum absolute atomic E-state index is 0.0548. The predicted octanol–water partition coefficient (Wildman–Crippen LogP) is 3.14. The number of carbonyl (C=O) groups excluding carboxylic acids is 2. The number of nitrogens with one attached hydrogen (secondary N) is 3. The van der Waals surface area contributed by atoms with E-state index in [1.54, 1.807) is 24.3 Å². The summed E-state index contributed by atoms with van der Waals surface area (Å²) >= 11 is 0. The van der Waals surface area contributed by atoms with Crippen molar-refractivity contribution in [3.05, 3.63) is 24.3 Å². The van der Waals surface area contributed by atoms with Crippen LogP contribution in [0.3, 0.4) is 0 Å². The summed E-state index contributed by atoms with van der Waals surface area (Å²) in [6.45, 7) is 4.86. The van der Waals surface area contributed by atoms with E-state index in [9.17, 15) is 9.59 Å². The maximum atomic E-state index is 11.8. The van der Waals surface area contributed by atoms with Gasteiger partial charge < -0.3 is 16.0 Å². The van der Waals surface area contributed by atoms with Crippen molar-refractivity contribution in [2.75, 3.05) is 23.7 Å². The van der Waals surface area contributed by atoms with Crippen LogP contribution in [-0.2, 0) is 9.59 Å². The largest absolute Gasteiger partial charge is 0.326 e. The lowest BCUT2D eigenvalue weighted by Crippen LogP contribution is -2.28. The summed E-state index contributed by atoms with van der Waals surface area (Å²) in [5.41, 5.74) is 1.44. The van der Waals surface area contributed by atoms with Gasteiger partial charge in [0, 0.05) is 18.3 Å². The number of hydrogen-bond donors (Lipinski definition) is 3. The van der Waals surface area contributed by atoms with E-state index in [4.69, 9.17) is 0 Å². The number of amides is 2. The molecule has 3 N–H and O–H groups in total. The molecule has 0 aliphatic heterocycles. The first-order chi connectivity index (χ1) is 10.6. The smallest absolute Gasteiger partial charge is 0.238 e. The van der Waals surface area contributed by atoms with Gasteiger partial charge in [-0.15, -0.1) is 0 Å². The van der Waals surface area contributed by atoms with Crippen LogP contribution in [0.5, 0.6) is 0 Å². The van der Waals surface area contributed by atoms with Crippen LogP contribution in [0.2, 0.25) is 0 Å². The molecule has 0 aromatic heterocycles. The van der Waals surface area contributed by atoms with Gasteiger partial charge in [-0.2, -0.15) is 0 Å². The van der Waals surface area contributed by atoms with Crippen LogP contribution in [0.4, 0.5) is 11.4 Å². The molecule has 1 aromatic carbocycles. The topological polar surface area (TPSA) is 70.2 Å². The maximum absolute atomic E-state index is 11.8. The molecule has 5 nitrogen and oxygen atoms in total. The number of unbranched alkanes of at least 4 members (excludes halogenated alkanes) is 4. The molecule has 0 spiro atoms. The first-order valence-corrected chi connectivity index (χ1v) is 8.00. The van der Waals surface area contributed by atoms with Crippen molar-refractivity contribution in [1.29, 1.82) is 0 Å². The quantitative estimate of drug-likeness (QED) is 0.582. The molecule has 0 radical (unpaired) electrons. The summed E-state index contributed by atoms with van der Waals surface area (Å²) < 4.78 is 0. The van der Waals surface area contributed by atoms with E-state index in [-0.39, 0.29) is 11.8 Å². The molecule has 22 heavy (non-hydrogen) atoms. The van der Waals surface area contributed by atoms with E-state index in [0.29, 0.717) is 6.54 Å². The van der Waals surface area contributed by atoms with E-state index in [0.717, 1.165) is 24.3 Å². The standard InChI is InChI=1S/C17H27N3O2/c1-3-4-5-6-7-12-18-13-17(22)20-16-10-8-15(9-11-16)19-14(2)21/h8-11,18H,3-7,12-13H2,1-2H3,(H,19,21)(H,20,22). The SMILES string of the molecule is CCCCCCCNCC(=O)Nc1ccc(NC(C)=O)cc1. The van der Waals surface area contributed by atoms with Gasteiger partial charge in [-0.25, -0.2) is 0 Å². The second-order valence-electron chi connectivity index (χ2n) is 5.40. The van der Waals surface area contributed by atoms with Gasteiger partial charge in [0.2, 0.25) is 11.8 Å². The molecular formula is C17H27N3O2. The van der Waals surface area contributed by atoms with Crippen LogP contribution < -0.4 is 16.0 Å². The van der Waals surface area contributed by atoms with Gasteiger partial charge in [0.05, 0.1) is 6.54 Å². The molecule has 1 aromatic rings. The summed E-state index contributed by atoms with van der Waals surface area (Å²) in [5, 5.41) is 8.65. The number of hydrogen-bond acceptors (Lipinski definition) is 3. The molecule has 0 fully saturated rings. The van der Waals surface area contributed by atoms with Crippen molar-refractivity contribution in [3.8, 4) is 0 Å². The highest BCUT2D eigenvalue weighted by Crippen LogP contribution is 2.13. The number of carbonyl (C=O) groups is 2. The third kappa shape index (κ3) is 8.42. The fourth-order valence-electron chi connectivity index (χ4n) is 2.10. The Balaban J connectivity index is 2.17. The Morgan fingerprint density at radius 3 is 2.09 bits per heavy atom. The molecule has 0 heterocycles. The van der Waals surface area contributed by atoms with Gasteiger partial charge >= 0.3 is 0 Å². The maximum Gasteiger partial charge on any atom is 0.238 e. The highest BCUT2D eigenvalue weighted by molar-refractivity contribution is 5.93. The number of anilines is 2. The molecule has 0 atom stereocenters. The Morgan fingerprint density at radius 2 is 1.50 bits per heavy atom. The molecule has 0 bridgehead atoms. The van der Waals surface area contributed by atoms with E-state index in [1.807, 2.05) is 0 Å². The van der Waals surface area contributed by atoms with Crippen LogP contribution in [0, 0.1) is 0 Å². The Morgan fingerprint density at radius 1 is 0.909 bits per heavy atom. The van der Waals surface area contributed by atoms with Crippen LogP contribution in [0.15, 0.2) is 24.3 Å². The lowest BCUT2D eigenvalue weighted by molar-refractivity contribution is -0.115. The lowest BCUT2D eigenvalue weighted by Gasteiger charge is -2.08. The Labute approximate surface area is 132 Å². The summed E-state index contributed by atoms with van der Waals surface area (Å²) in [6.07, 6.45) is 6.13. The van der Waals surface area contributed by atoms with E-state index in [2.05, 4.69) is 22.9 Å². The second kappa shape index (κ2) is 10.8. The highest BCUT2D eigenvalue weighted by atomic mass is 16.2. The van der Waals surface area contributed by atoms with Crippen molar-refractivity contribution >= 4 is 23.2 Å². The van der Waals surface area contributed by atoms with Crippen LogP contribution in [0.25, 0.3) is 0 Å². The third-order valence-electron chi connectivity index (χ3n) is 3.23. The molecule has 0 unspecified atom stereocenters. The fourth-order valence-corrected chi connectivity index (χ4v) is 2.10. The van der Waals surface area contributed by atoms with Crippen LogP contribution in [0.1, 0.15) is 46.0 Å². The molecular weight excluding hydrogens is 278 g/mol. The normalized spacial score (nSPS) is 10.3. The van der Waals surface area contributed by atoms with E-state index >= 15 is 0 Å². The first-order valence-electron chi connectivity index (χ1n) is 8.00. The van der Waals surface area contributed by atoms with Crippen molar-refractivity contribution < 1.29 is 9.59 Å². The Kier molecular flexibility index (Phi) is 8.91. The summed E-state index contributed by atoms with van der Waals surface area (Å²) in [6, 6.07) is 7.07. The molecule has 5 heteroatoms. The van der Waals surface area contributed by atoms with E-state index in [1.165, 1.54) is 32.6 Å². The monoisotopic (exact) mass is 305 g/mol. The zero-order valence-corrected chi connectivity index (χ0v) is 13.6. The predicted molar refractivity (Wildman–Crippen MR) is 91.0 cm³/mol. The Bertz CT molecular complexity index is 457. The molecule has 122 valence electrons.